The van der Waals surface area contributed by atoms with Crippen molar-refractivity contribution in [3.05, 3.63) is 36.0 Å². The average molecular weight is 247 g/mol. The summed E-state index contributed by atoms with van der Waals surface area (Å²) in [5.41, 5.74) is 9.23. The molecule has 1 aromatic carbocycles. The average Bonchev–Trinajstić information content (AvgIpc) is 2.73. The molecule has 0 radical (unpaired) electrons. The standard InChI is InChI=1S/C13H17N3O2/c1-16-12(9-5-4-6-10(14)7-9)8-11(15-16)13(17-2)18-3/h4-8,13H,14H2,1-3H3. The second-order valence-corrected chi connectivity index (χ2v) is 4.01. The Bertz CT molecular complexity index is 533. The van der Waals surface area contributed by atoms with Crippen LogP contribution in [-0.4, -0.2) is 24.0 Å². The van der Waals surface area contributed by atoms with Crippen LogP contribution < -0.4 is 5.73 Å². The highest BCUT2D eigenvalue weighted by atomic mass is 16.7. The smallest absolute Gasteiger partial charge is 0.202 e. The van der Waals surface area contributed by atoms with Gasteiger partial charge in [0.2, 0.25) is 6.29 Å². The van der Waals surface area contributed by atoms with Gasteiger partial charge in [0.15, 0.2) is 0 Å². The Hall–Kier alpha value is -1.85. The van der Waals surface area contributed by atoms with Gasteiger partial charge in [-0.05, 0) is 18.2 Å². The van der Waals surface area contributed by atoms with Gasteiger partial charge in [0, 0.05) is 32.5 Å². The van der Waals surface area contributed by atoms with E-state index < -0.39 is 6.29 Å². The Morgan fingerprint density at radius 2 is 1.94 bits per heavy atom. The van der Waals surface area contributed by atoms with E-state index in [-0.39, 0.29) is 0 Å². The van der Waals surface area contributed by atoms with Crippen molar-refractivity contribution in [2.45, 2.75) is 6.29 Å². The van der Waals surface area contributed by atoms with Crippen LogP contribution in [0.15, 0.2) is 30.3 Å². The number of nitrogens with zero attached hydrogens (tertiary/aromatic N) is 2. The molecule has 0 aliphatic rings. The van der Waals surface area contributed by atoms with Crippen LogP contribution in [0.4, 0.5) is 5.69 Å². The minimum Gasteiger partial charge on any atom is -0.399 e. The minimum atomic E-state index is -0.453. The molecule has 0 aliphatic carbocycles. The van der Waals surface area contributed by atoms with Crippen molar-refractivity contribution in [2.75, 3.05) is 20.0 Å². The topological polar surface area (TPSA) is 62.3 Å². The van der Waals surface area contributed by atoms with Crippen molar-refractivity contribution in [3.8, 4) is 11.3 Å². The molecule has 1 aromatic heterocycles. The van der Waals surface area contributed by atoms with E-state index in [0.29, 0.717) is 0 Å². The maximum absolute atomic E-state index is 5.79. The van der Waals surface area contributed by atoms with Gasteiger partial charge in [0.25, 0.3) is 0 Å². The maximum Gasteiger partial charge on any atom is 0.202 e. The lowest BCUT2D eigenvalue weighted by Gasteiger charge is -2.09. The number of benzene rings is 1. The zero-order valence-corrected chi connectivity index (χ0v) is 10.8. The number of rotatable bonds is 4. The van der Waals surface area contributed by atoms with E-state index >= 15 is 0 Å². The molecule has 0 bridgehead atoms. The summed E-state index contributed by atoms with van der Waals surface area (Å²) in [4.78, 5) is 0. The Labute approximate surface area is 106 Å². The molecule has 0 aliphatic heterocycles. The highest BCUT2D eigenvalue weighted by Crippen LogP contribution is 2.25. The Morgan fingerprint density at radius 1 is 1.22 bits per heavy atom. The van der Waals surface area contributed by atoms with E-state index in [9.17, 15) is 0 Å². The molecule has 1 heterocycles. The summed E-state index contributed by atoms with van der Waals surface area (Å²) in [5, 5.41) is 4.38. The molecule has 0 fully saturated rings. The Morgan fingerprint density at radius 3 is 2.56 bits per heavy atom. The zero-order chi connectivity index (χ0) is 13.1. The third-order valence-corrected chi connectivity index (χ3v) is 2.75. The molecule has 2 rings (SSSR count). The lowest BCUT2D eigenvalue weighted by atomic mass is 10.1. The van der Waals surface area contributed by atoms with Crippen LogP contribution in [-0.2, 0) is 16.5 Å². The minimum absolute atomic E-state index is 0.453. The van der Waals surface area contributed by atoms with Crippen molar-refractivity contribution < 1.29 is 9.47 Å². The van der Waals surface area contributed by atoms with Crippen LogP contribution in [0.2, 0.25) is 0 Å². The second-order valence-electron chi connectivity index (χ2n) is 4.01. The van der Waals surface area contributed by atoms with Crippen LogP contribution >= 0.6 is 0 Å². The summed E-state index contributed by atoms with van der Waals surface area (Å²) in [6, 6.07) is 9.61. The molecular formula is C13H17N3O2. The number of nitrogen functional groups attached to an aromatic ring is 1. The van der Waals surface area contributed by atoms with Gasteiger partial charge >= 0.3 is 0 Å². The third-order valence-electron chi connectivity index (χ3n) is 2.75. The SMILES string of the molecule is COC(OC)c1cc(-c2cccc(N)c2)n(C)n1. The highest BCUT2D eigenvalue weighted by molar-refractivity contribution is 5.64. The summed E-state index contributed by atoms with van der Waals surface area (Å²) >= 11 is 0. The van der Waals surface area contributed by atoms with Crippen LogP contribution in [0, 0.1) is 0 Å². The van der Waals surface area contributed by atoms with E-state index in [1.807, 2.05) is 37.4 Å². The van der Waals surface area contributed by atoms with Gasteiger partial charge in [-0.3, -0.25) is 4.68 Å². The predicted octanol–water partition coefficient (Wildman–Crippen LogP) is 1.96. The first-order valence-corrected chi connectivity index (χ1v) is 5.61. The van der Waals surface area contributed by atoms with Crippen LogP contribution in [0.25, 0.3) is 11.3 Å². The maximum atomic E-state index is 5.79. The number of hydrogen-bond acceptors (Lipinski definition) is 4. The van der Waals surface area contributed by atoms with E-state index in [1.165, 1.54) is 0 Å². The predicted molar refractivity (Wildman–Crippen MR) is 69.8 cm³/mol. The summed E-state index contributed by atoms with van der Waals surface area (Å²) in [6.07, 6.45) is -0.453. The van der Waals surface area contributed by atoms with Crippen molar-refractivity contribution in [1.82, 2.24) is 9.78 Å². The quantitative estimate of drug-likeness (QED) is 0.662. The fraction of sp³-hybridized carbons (Fsp3) is 0.308. The first-order valence-electron chi connectivity index (χ1n) is 5.61. The molecular weight excluding hydrogens is 230 g/mol. The Balaban J connectivity index is 2.40. The molecule has 0 unspecified atom stereocenters. The molecule has 0 amide bonds. The van der Waals surface area contributed by atoms with E-state index in [1.54, 1.807) is 18.9 Å². The monoisotopic (exact) mass is 247 g/mol. The number of anilines is 1. The summed E-state index contributed by atoms with van der Waals surface area (Å²) < 4.78 is 12.2. The first kappa shape index (κ1) is 12.6. The fourth-order valence-electron chi connectivity index (χ4n) is 1.91. The number of aromatic nitrogens is 2. The fourth-order valence-corrected chi connectivity index (χ4v) is 1.91. The van der Waals surface area contributed by atoms with Crippen LogP contribution in [0.3, 0.4) is 0 Å². The van der Waals surface area contributed by atoms with E-state index in [4.69, 9.17) is 15.2 Å². The number of ether oxygens (including phenoxy) is 2. The third kappa shape index (κ3) is 2.37. The van der Waals surface area contributed by atoms with Crippen LogP contribution in [0.1, 0.15) is 12.0 Å². The van der Waals surface area contributed by atoms with E-state index in [2.05, 4.69) is 5.10 Å². The number of methoxy groups -OCH3 is 2. The molecule has 5 nitrogen and oxygen atoms in total. The molecule has 2 aromatic rings. The largest absolute Gasteiger partial charge is 0.399 e. The molecule has 5 heteroatoms. The number of nitrogens with two attached hydrogens (primary N) is 1. The van der Waals surface area contributed by atoms with Gasteiger partial charge in [-0.25, -0.2) is 0 Å². The van der Waals surface area contributed by atoms with Gasteiger partial charge in [-0.2, -0.15) is 5.10 Å². The van der Waals surface area contributed by atoms with Gasteiger partial charge in [0.05, 0.1) is 5.69 Å². The van der Waals surface area contributed by atoms with Gasteiger partial charge in [-0.1, -0.05) is 12.1 Å². The summed E-state index contributed by atoms with van der Waals surface area (Å²) in [7, 11) is 5.05. The summed E-state index contributed by atoms with van der Waals surface area (Å²) in [6.45, 7) is 0. The molecule has 0 saturated carbocycles. The van der Waals surface area contributed by atoms with Crippen molar-refractivity contribution >= 4 is 5.69 Å². The molecule has 0 atom stereocenters. The Kier molecular flexibility index (Phi) is 3.64. The first-order chi connectivity index (χ1) is 8.65. The normalized spacial score (nSPS) is 11.1. The molecule has 2 N–H and O–H groups in total. The lowest BCUT2D eigenvalue weighted by Crippen LogP contribution is -2.05. The van der Waals surface area contributed by atoms with Crippen molar-refractivity contribution in [1.29, 1.82) is 0 Å². The number of hydrogen-bond donors (Lipinski definition) is 1. The second kappa shape index (κ2) is 5.20. The van der Waals surface area contributed by atoms with Crippen molar-refractivity contribution in [3.63, 3.8) is 0 Å². The highest BCUT2D eigenvalue weighted by Gasteiger charge is 2.15. The lowest BCUT2D eigenvalue weighted by molar-refractivity contribution is -0.108. The van der Waals surface area contributed by atoms with Gasteiger partial charge in [-0.15, -0.1) is 0 Å². The van der Waals surface area contributed by atoms with Gasteiger partial charge in [0.1, 0.15) is 5.69 Å². The van der Waals surface area contributed by atoms with Gasteiger partial charge < -0.3 is 15.2 Å². The van der Waals surface area contributed by atoms with E-state index in [0.717, 1.165) is 22.6 Å². The summed E-state index contributed by atoms with van der Waals surface area (Å²) in [5.74, 6) is 0. The number of aryl methyl sites for hydroxylation is 1. The molecule has 0 saturated heterocycles. The molecule has 96 valence electrons. The van der Waals surface area contributed by atoms with Crippen LogP contribution in [0.5, 0.6) is 0 Å². The zero-order valence-electron chi connectivity index (χ0n) is 10.8. The van der Waals surface area contributed by atoms with Crippen molar-refractivity contribution in [2.24, 2.45) is 7.05 Å². The molecule has 18 heavy (non-hydrogen) atoms. The molecule has 0 spiro atoms.